The number of Topliss-reactive ketones (excluding diaryl/α,β-unsaturated/α-hetero) is 1. The highest BCUT2D eigenvalue weighted by atomic mass is 32.2. The summed E-state index contributed by atoms with van der Waals surface area (Å²) in [6.45, 7) is 0.355. The summed E-state index contributed by atoms with van der Waals surface area (Å²) in [7, 11) is -3.42. The van der Waals surface area contributed by atoms with Crippen molar-refractivity contribution in [3.05, 3.63) is 47.0 Å². The van der Waals surface area contributed by atoms with E-state index in [0.29, 0.717) is 12.1 Å². The molecular formula is C11H11NO3S. The normalized spacial score (nSPS) is 18.4. The second kappa shape index (κ2) is 4.09. The van der Waals surface area contributed by atoms with Gasteiger partial charge in [0.05, 0.1) is 5.75 Å². The molecule has 0 aliphatic carbocycles. The average molecular weight is 237 g/mol. The zero-order chi connectivity index (χ0) is 11.6. The second-order valence-electron chi connectivity index (χ2n) is 3.48. The van der Waals surface area contributed by atoms with Crippen LogP contribution in [-0.4, -0.2) is 26.5 Å². The quantitative estimate of drug-likeness (QED) is 0.770. The lowest BCUT2D eigenvalue weighted by molar-refractivity contribution is 0.104. The molecule has 1 heterocycles. The number of ketones is 1. The van der Waals surface area contributed by atoms with E-state index in [2.05, 4.69) is 5.32 Å². The SMILES string of the molecule is O=C(C1=CNCCS1(=O)=O)c1ccccc1. The molecule has 84 valence electrons. The lowest BCUT2D eigenvalue weighted by atomic mass is 10.1. The number of hydrogen-bond acceptors (Lipinski definition) is 4. The summed E-state index contributed by atoms with van der Waals surface area (Å²) in [6.07, 6.45) is 1.29. The second-order valence-corrected chi connectivity index (χ2v) is 5.55. The van der Waals surface area contributed by atoms with Crippen LogP contribution < -0.4 is 5.32 Å². The first-order valence-corrected chi connectivity index (χ1v) is 6.52. The van der Waals surface area contributed by atoms with Crippen LogP contribution >= 0.6 is 0 Å². The lowest BCUT2D eigenvalue weighted by Crippen LogP contribution is -2.30. The molecule has 2 rings (SSSR count). The van der Waals surface area contributed by atoms with E-state index in [1.165, 1.54) is 6.20 Å². The summed E-state index contributed by atoms with van der Waals surface area (Å²) in [5, 5.41) is 2.78. The van der Waals surface area contributed by atoms with Crippen LogP contribution in [0.4, 0.5) is 0 Å². The molecule has 1 N–H and O–H groups in total. The summed E-state index contributed by atoms with van der Waals surface area (Å²) in [6, 6.07) is 8.40. The van der Waals surface area contributed by atoms with Gasteiger partial charge in [0.25, 0.3) is 0 Å². The summed E-state index contributed by atoms with van der Waals surface area (Å²) in [5.41, 5.74) is 0.390. The van der Waals surface area contributed by atoms with Crippen molar-refractivity contribution < 1.29 is 13.2 Å². The third-order valence-electron chi connectivity index (χ3n) is 2.34. The number of sulfone groups is 1. The highest BCUT2D eigenvalue weighted by Gasteiger charge is 2.27. The van der Waals surface area contributed by atoms with E-state index in [-0.39, 0.29) is 10.7 Å². The topological polar surface area (TPSA) is 63.2 Å². The Bertz CT molecular complexity index is 532. The van der Waals surface area contributed by atoms with Crippen molar-refractivity contribution in [1.29, 1.82) is 0 Å². The summed E-state index contributed by atoms with van der Waals surface area (Å²) >= 11 is 0. The molecule has 1 aromatic carbocycles. The van der Waals surface area contributed by atoms with Gasteiger partial charge in [-0.25, -0.2) is 8.42 Å². The number of benzene rings is 1. The van der Waals surface area contributed by atoms with Gasteiger partial charge in [-0.05, 0) is 0 Å². The minimum absolute atomic E-state index is 0.0304. The van der Waals surface area contributed by atoms with Crippen LogP contribution in [0.5, 0.6) is 0 Å². The van der Waals surface area contributed by atoms with E-state index in [9.17, 15) is 13.2 Å². The smallest absolute Gasteiger partial charge is 0.205 e. The number of nitrogens with one attached hydrogen (secondary N) is 1. The summed E-state index contributed by atoms with van der Waals surface area (Å²) in [4.78, 5) is 11.8. The Morgan fingerprint density at radius 2 is 1.88 bits per heavy atom. The fraction of sp³-hybridized carbons (Fsp3) is 0.182. The van der Waals surface area contributed by atoms with Gasteiger partial charge in [0.2, 0.25) is 5.78 Å². The molecule has 1 aromatic rings. The van der Waals surface area contributed by atoms with E-state index >= 15 is 0 Å². The Labute approximate surface area is 93.9 Å². The van der Waals surface area contributed by atoms with E-state index in [4.69, 9.17) is 0 Å². The maximum atomic E-state index is 11.9. The van der Waals surface area contributed by atoms with Gasteiger partial charge in [-0.2, -0.15) is 0 Å². The lowest BCUT2D eigenvalue weighted by Gasteiger charge is -2.13. The highest BCUT2D eigenvalue weighted by Crippen LogP contribution is 2.16. The van der Waals surface area contributed by atoms with Crippen molar-refractivity contribution in [2.24, 2.45) is 0 Å². The number of rotatable bonds is 2. The van der Waals surface area contributed by atoms with Crippen molar-refractivity contribution in [3.8, 4) is 0 Å². The van der Waals surface area contributed by atoms with E-state index in [1.807, 2.05) is 0 Å². The Balaban J connectivity index is 2.40. The van der Waals surface area contributed by atoms with E-state index in [0.717, 1.165) is 0 Å². The molecule has 4 nitrogen and oxygen atoms in total. The molecule has 0 fully saturated rings. The van der Waals surface area contributed by atoms with Gasteiger partial charge in [0.15, 0.2) is 9.84 Å². The number of carbonyl (C=O) groups is 1. The number of hydrogen-bond donors (Lipinski definition) is 1. The molecule has 0 spiro atoms. The predicted octanol–water partition coefficient (Wildman–Crippen LogP) is 0.729. The predicted molar refractivity (Wildman–Crippen MR) is 60.6 cm³/mol. The molecule has 0 saturated heterocycles. The fourth-order valence-corrected chi connectivity index (χ4v) is 2.77. The monoisotopic (exact) mass is 237 g/mol. The first-order valence-electron chi connectivity index (χ1n) is 4.87. The molecule has 0 saturated carbocycles. The molecule has 5 heteroatoms. The molecular weight excluding hydrogens is 226 g/mol. The average Bonchev–Trinajstić information content (AvgIpc) is 2.29. The zero-order valence-corrected chi connectivity index (χ0v) is 9.33. The van der Waals surface area contributed by atoms with E-state index < -0.39 is 15.6 Å². The number of allylic oxidation sites excluding steroid dienone is 1. The van der Waals surface area contributed by atoms with Gasteiger partial charge < -0.3 is 5.32 Å². The highest BCUT2D eigenvalue weighted by molar-refractivity contribution is 7.96. The summed E-state index contributed by atoms with van der Waals surface area (Å²) < 4.78 is 23.3. The van der Waals surface area contributed by atoms with Crippen LogP contribution in [0, 0.1) is 0 Å². The minimum Gasteiger partial charge on any atom is -0.389 e. The van der Waals surface area contributed by atoms with Crippen LogP contribution in [0.3, 0.4) is 0 Å². The summed E-state index contributed by atoms with van der Waals surface area (Å²) in [5.74, 6) is -0.481. The van der Waals surface area contributed by atoms with Gasteiger partial charge in [-0.15, -0.1) is 0 Å². The van der Waals surface area contributed by atoms with Crippen molar-refractivity contribution >= 4 is 15.6 Å². The van der Waals surface area contributed by atoms with Gasteiger partial charge >= 0.3 is 0 Å². The maximum Gasteiger partial charge on any atom is 0.205 e. The van der Waals surface area contributed by atoms with Crippen molar-refractivity contribution in [1.82, 2.24) is 5.32 Å². The molecule has 0 amide bonds. The minimum atomic E-state index is -3.42. The Hall–Kier alpha value is -1.62. The molecule has 16 heavy (non-hydrogen) atoms. The van der Waals surface area contributed by atoms with Crippen molar-refractivity contribution in [2.45, 2.75) is 0 Å². The third kappa shape index (κ3) is 1.99. The first-order chi connectivity index (χ1) is 7.61. The van der Waals surface area contributed by atoms with Gasteiger partial charge in [0, 0.05) is 18.3 Å². The molecule has 1 aliphatic rings. The first kappa shape index (κ1) is 10.9. The largest absolute Gasteiger partial charge is 0.389 e. The fourth-order valence-electron chi connectivity index (χ4n) is 1.50. The van der Waals surface area contributed by atoms with Crippen LogP contribution in [0.15, 0.2) is 41.4 Å². The van der Waals surface area contributed by atoms with Crippen LogP contribution in [0.2, 0.25) is 0 Å². The molecule has 0 atom stereocenters. The zero-order valence-electron chi connectivity index (χ0n) is 8.51. The van der Waals surface area contributed by atoms with Crippen molar-refractivity contribution in [2.75, 3.05) is 12.3 Å². The molecule has 0 aromatic heterocycles. The van der Waals surface area contributed by atoms with Crippen LogP contribution in [0.1, 0.15) is 10.4 Å². The third-order valence-corrected chi connectivity index (χ3v) is 4.06. The van der Waals surface area contributed by atoms with Gasteiger partial charge in [-0.3, -0.25) is 4.79 Å². The Kier molecular flexibility index (Phi) is 2.78. The van der Waals surface area contributed by atoms with Crippen LogP contribution in [0.25, 0.3) is 0 Å². The number of carbonyl (C=O) groups excluding carboxylic acids is 1. The van der Waals surface area contributed by atoms with Gasteiger partial charge in [0.1, 0.15) is 4.91 Å². The van der Waals surface area contributed by atoms with Crippen molar-refractivity contribution in [3.63, 3.8) is 0 Å². The standard InChI is InChI=1S/C11H11NO3S/c13-11(9-4-2-1-3-5-9)10-8-12-6-7-16(10,14)15/h1-5,8,12H,6-7H2. The van der Waals surface area contributed by atoms with E-state index in [1.54, 1.807) is 30.3 Å². The molecule has 0 radical (unpaired) electrons. The molecule has 1 aliphatic heterocycles. The maximum absolute atomic E-state index is 11.9. The Morgan fingerprint density at radius 1 is 1.19 bits per heavy atom. The van der Waals surface area contributed by atoms with Gasteiger partial charge in [-0.1, -0.05) is 30.3 Å². The van der Waals surface area contributed by atoms with Crippen LogP contribution in [-0.2, 0) is 9.84 Å². The molecule has 0 unspecified atom stereocenters. The Morgan fingerprint density at radius 3 is 2.50 bits per heavy atom. The molecule has 0 bridgehead atoms.